The lowest BCUT2D eigenvalue weighted by Crippen LogP contribution is -2.31. The predicted molar refractivity (Wildman–Crippen MR) is 89.2 cm³/mol. The van der Waals surface area contributed by atoms with Crippen molar-refractivity contribution in [1.82, 2.24) is 0 Å². The van der Waals surface area contributed by atoms with E-state index in [9.17, 15) is 17.6 Å². The number of anilines is 1. The average molecular weight is 368 g/mol. The van der Waals surface area contributed by atoms with E-state index in [4.69, 9.17) is 11.6 Å². The van der Waals surface area contributed by atoms with Gasteiger partial charge < -0.3 is 5.32 Å². The number of benzene rings is 2. The third-order valence-electron chi connectivity index (χ3n) is 5.00. The van der Waals surface area contributed by atoms with Crippen LogP contribution in [0.1, 0.15) is 35.1 Å². The van der Waals surface area contributed by atoms with Gasteiger partial charge in [-0.15, -0.1) is 0 Å². The third-order valence-corrected chi connectivity index (χ3v) is 5.32. The van der Waals surface area contributed by atoms with Gasteiger partial charge in [-0.05, 0) is 47.7 Å². The van der Waals surface area contributed by atoms with E-state index in [2.05, 4.69) is 5.32 Å². The number of halogens is 5. The van der Waals surface area contributed by atoms with Crippen molar-refractivity contribution in [2.75, 3.05) is 5.32 Å². The Bertz CT molecular complexity index is 842. The van der Waals surface area contributed by atoms with Crippen molar-refractivity contribution in [1.29, 1.82) is 0 Å². The fourth-order valence-corrected chi connectivity index (χ4v) is 4.14. The molecule has 25 heavy (non-hydrogen) atoms. The molecular weight excluding hydrogens is 354 g/mol. The van der Waals surface area contributed by atoms with E-state index in [1.807, 2.05) is 12.2 Å². The minimum atomic E-state index is -4.44. The zero-order chi connectivity index (χ0) is 17.8. The standard InChI is InChI=1S/C19H14ClF4N/c20-15-9-8-14(19(22,23)24)16-12-2-1-3-13(12)17(25-18(15)16)10-4-6-11(21)7-5-10/h1-2,4-9,12-13,17,25H,3H2/t12-,13+,17+/m1/s1. The third kappa shape index (κ3) is 2.71. The Hall–Kier alpha value is -2.01. The number of nitrogens with one attached hydrogen (secondary N) is 1. The maximum absolute atomic E-state index is 13.5. The van der Waals surface area contributed by atoms with Crippen LogP contribution in [-0.2, 0) is 6.18 Å². The van der Waals surface area contributed by atoms with Gasteiger partial charge in [-0.2, -0.15) is 13.2 Å². The zero-order valence-corrected chi connectivity index (χ0v) is 13.7. The lowest BCUT2D eigenvalue weighted by molar-refractivity contribution is -0.138. The minimum absolute atomic E-state index is 0.0717. The molecule has 4 rings (SSSR count). The first kappa shape index (κ1) is 16.5. The topological polar surface area (TPSA) is 12.0 Å². The van der Waals surface area contributed by atoms with E-state index < -0.39 is 11.7 Å². The Balaban J connectivity index is 1.87. The molecule has 2 aromatic carbocycles. The van der Waals surface area contributed by atoms with Crippen molar-refractivity contribution in [3.63, 3.8) is 0 Å². The molecule has 0 bridgehead atoms. The van der Waals surface area contributed by atoms with Gasteiger partial charge in [0.25, 0.3) is 0 Å². The van der Waals surface area contributed by atoms with E-state index in [0.29, 0.717) is 12.1 Å². The molecule has 1 nitrogen and oxygen atoms in total. The summed E-state index contributed by atoms with van der Waals surface area (Å²) in [5.41, 5.74) is 0.702. The summed E-state index contributed by atoms with van der Waals surface area (Å²) in [4.78, 5) is 0. The molecule has 0 aromatic heterocycles. The number of rotatable bonds is 1. The Kier molecular flexibility index (Phi) is 3.80. The van der Waals surface area contributed by atoms with E-state index in [1.165, 1.54) is 18.2 Å². The van der Waals surface area contributed by atoms with Gasteiger partial charge in [0.2, 0.25) is 0 Å². The molecule has 0 fully saturated rings. The Labute approximate surface area is 147 Å². The predicted octanol–water partition coefficient (Wildman–Crippen LogP) is 6.32. The van der Waals surface area contributed by atoms with Crippen LogP contribution in [-0.4, -0.2) is 0 Å². The van der Waals surface area contributed by atoms with Gasteiger partial charge in [-0.25, -0.2) is 4.39 Å². The number of alkyl halides is 3. The highest BCUT2D eigenvalue weighted by molar-refractivity contribution is 6.33. The second-order valence-corrected chi connectivity index (χ2v) is 6.82. The van der Waals surface area contributed by atoms with E-state index in [0.717, 1.165) is 11.6 Å². The number of allylic oxidation sites excluding steroid dienone is 2. The molecule has 1 heterocycles. The molecule has 0 amide bonds. The normalized spacial score (nSPS) is 24.6. The van der Waals surface area contributed by atoms with Crippen LogP contribution in [0.25, 0.3) is 0 Å². The quantitative estimate of drug-likeness (QED) is 0.459. The van der Waals surface area contributed by atoms with Crippen LogP contribution in [0.4, 0.5) is 23.2 Å². The highest BCUT2D eigenvalue weighted by Crippen LogP contribution is 2.54. The summed E-state index contributed by atoms with van der Waals surface area (Å²) in [6, 6.07) is 8.13. The zero-order valence-electron chi connectivity index (χ0n) is 12.9. The molecule has 2 aromatic rings. The molecule has 0 radical (unpaired) electrons. The molecule has 1 N–H and O–H groups in total. The Morgan fingerprint density at radius 3 is 2.44 bits per heavy atom. The van der Waals surface area contributed by atoms with Crippen LogP contribution >= 0.6 is 11.6 Å². The van der Waals surface area contributed by atoms with Crippen molar-refractivity contribution in [3.8, 4) is 0 Å². The molecule has 1 aliphatic heterocycles. The molecule has 0 saturated heterocycles. The van der Waals surface area contributed by atoms with Gasteiger partial charge in [0.15, 0.2) is 0 Å². The minimum Gasteiger partial charge on any atom is -0.376 e. The van der Waals surface area contributed by atoms with Crippen LogP contribution < -0.4 is 5.32 Å². The fraction of sp³-hybridized carbons (Fsp3) is 0.263. The summed E-state index contributed by atoms with van der Waals surface area (Å²) >= 11 is 6.22. The molecule has 2 aliphatic rings. The summed E-state index contributed by atoms with van der Waals surface area (Å²) in [6.45, 7) is 0. The van der Waals surface area contributed by atoms with Crippen molar-refractivity contribution >= 4 is 17.3 Å². The van der Waals surface area contributed by atoms with Crippen molar-refractivity contribution in [2.24, 2.45) is 5.92 Å². The Morgan fingerprint density at radius 1 is 1.04 bits per heavy atom. The van der Waals surface area contributed by atoms with Gasteiger partial charge in [0, 0.05) is 5.92 Å². The maximum Gasteiger partial charge on any atom is 0.416 e. The first-order valence-electron chi connectivity index (χ1n) is 7.94. The summed E-state index contributed by atoms with van der Waals surface area (Å²) in [5, 5.41) is 3.45. The summed E-state index contributed by atoms with van der Waals surface area (Å²) in [6.07, 6.45) is -0.0564. The number of hydrogen-bond acceptors (Lipinski definition) is 1. The lowest BCUT2D eigenvalue weighted by atomic mass is 9.75. The molecule has 6 heteroatoms. The van der Waals surface area contributed by atoms with Crippen molar-refractivity contribution in [2.45, 2.75) is 24.6 Å². The summed E-state index contributed by atoms with van der Waals surface area (Å²) in [5.74, 6) is -0.794. The van der Waals surface area contributed by atoms with Crippen molar-refractivity contribution < 1.29 is 17.6 Å². The maximum atomic E-state index is 13.5. The molecule has 1 aliphatic carbocycles. The SMILES string of the molecule is Fc1ccc([C@@H]2Nc3c(Cl)ccc(C(F)(F)F)c3[C@@H]3C=CC[C@@H]32)cc1. The number of hydrogen-bond donors (Lipinski definition) is 1. The summed E-state index contributed by atoms with van der Waals surface area (Å²) < 4.78 is 53.7. The molecular formula is C19H14ClF4N. The van der Waals surface area contributed by atoms with Gasteiger partial charge in [0.1, 0.15) is 5.82 Å². The van der Waals surface area contributed by atoms with E-state index in [1.54, 1.807) is 12.1 Å². The molecule has 130 valence electrons. The first-order chi connectivity index (χ1) is 11.9. The van der Waals surface area contributed by atoms with Gasteiger partial charge in [-0.3, -0.25) is 0 Å². The second kappa shape index (κ2) is 5.77. The summed E-state index contributed by atoms with van der Waals surface area (Å²) in [7, 11) is 0. The molecule has 3 atom stereocenters. The van der Waals surface area contributed by atoms with Crippen LogP contribution in [0.15, 0.2) is 48.6 Å². The van der Waals surface area contributed by atoms with E-state index in [-0.39, 0.29) is 34.3 Å². The lowest BCUT2D eigenvalue weighted by Gasteiger charge is -2.39. The highest BCUT2D eigenvalue weighted by Gasteiger charge is 2.44. The molecule has 0 saturated carbocycles. The monoisotopic (exact) mass is 367 g/mol. The van der Waals surface area contributed by atoms with Gasteiger partial charge >= 0.3 is 6.18 Å². The van der Waals surface area contributed by atoms with Crippen LogP contribution in [0.3, 0.4) is 0 Å². The van der Waals surface area contributed by atoms with Crippen LogP contribution in [0.2, 0.25) is 5.02 Å². The van der Waals surface area contributed by atoms with Crippen LogP contribution in [0.5, 0.6) is 0 Å². The highest BCUT2D eigenvalue weighted by atomic mass is 35.5. The molecule has 0 unspecified atom stereocenters. The smallest absolute Gasteiger partial charge is 0.376 e. The van der Waals surface area contributed by atoms with Gasteiger partial charge in [-0.1, -0.05) is 35.9 Å². The fourth-order valence-electron chi connectivity index (χ4n) is 3.92. The number of fused-ring (bicyclic) bond motifs is 3. The first-order valence-corrected chi connectivity index (χ1v) is 8.32. The van der Waals surface area contributed by atoms with E-state index >= 15 is 0 Å². The Morgan fingerprint density at radius 2 is 1.76 bits per heavy atom. The average Bonchev–Trinajstić information content (AvgIpc) is 3.04. The molecule has 0 spiro atoms. The van der Waals surface area contributed by atoms with Crippen molar-refractivity contribution in [3.05, 3.63) is 76.1 Å². The second-order valence-electron chi connectivity index (χ2n) is 6.41. The van der Waals surface area contributed by atoms with Crippen LogP contribution in [0, 0.1) is 11.7 Å². The largest absolute Gasteiger partial charge is 0.416 e. The van der Waals surface area contributed by atoms with Gasteiger partial charge in [0.05, 0.1) is 22.3 Å².